The summed E-state index contributed by atoms with van der Waals surface area (Å²) in [5.74, 6) is -0.115. The molecule has 1 aliphatic rings. The summed E-state index contributed by atoms with van der Waals surface area (Å²) in [6.07, 6.45) is 0.500. The van der Waals surface area contributed by atoms with E-state index in [0.29, 0.717) is 6.42 Å². The third kappa shape index (κ3) is 2.04. The monoisotopic (exact) mass is 271 g/mol. The Morgan fingerprint density at radius 2 is 1.94 bits per heavy atom. The molecule has 1 N–H and O–H groups in total. The molecule has 0 spiro atoms. The lowest BCUT2D eigenvalue weighted by Gasteiger charge is -2.15. The van der Waals surface area contributed by atoms with E-state index in [4.69, 9.17) is 23.2 Å². The van der Waals surface area contributed by atoms with Crippen LogP contribution in [-0.2, 0) is 4.79 Å². The molecular formula is C13H15Cl2NO. The van der Waals surface area contributed by atoms with Gasteiger partial charge in [-0.05, 0) is 44.4 Å². The fraction of sp³-hybridized carbons (Fsp3) is 0.462. The number of carbonyl (C=O) groups is 1. The summed E-state index contributed by atoms with van der Waals surface area (Å²) in [6.45, 7) is 5.78. The number of benzene rings is 1. The van der Waals surface area contributed by atoms with Crippen molar-refractivity contribution in [3.8, 4) is 0 Å². The molecule has 2 rings (SSSR count). The molecule has 1 fully saturated rings. The Morgan fingerprint density at radius 3 is 2.47 bits per heavy atom. The third-order valence-electron chi connectivity index (χ3n) is 3.61. The molecule has 0 saturated heterocycles. The maximum absolute atomic E-state index is 12.1. The van der Waals surface area contributed by atoms with Crippen molar-refractivity contribution < 1.29 is 4.79 Å². The molecule has 1 saturated carbocycles. The number of hydrogen-bond acceptors (Lipinski definition) is 1. The van der Waals surface area contributed by atoms with E-state index in [2.05, 4.69) is 5.32 Å². The van der Waals surface area contributed by atoms with E-state index >= 15 is 0 Å². The summed E-state index contributed by atoms with van der Waals surface area (Å²) in [5, 5.41) is 2.90. The largest absolute Gasteiger partial charge is 0.325 e. The molecule has 0 heterocycles. The van der Waals surface area contributed by atoms with Crippen LogP contribution >= 0.6 is 23.2 Å². The van der Waals surface area contributed by atoms with Gasteiger partial charge >= 0.3 is 0 Å². The summed E-state index contributed by atoms with van der Waals surface area (Å²) in [4.78, 5) is 12.1. The minimum Gasteiger partial charge on any atom is -0.325 e. The van der Waals surface area contributed by atoms with Crippen LogP contribution in [0.1, 0.15) is 24.5 Å². The molecule has 4 heteroatoms. The van der Waals surface area contributed by atoms with E-state index in [1.165, 1.54) is 0 Å². The van der Waals surface area contributed by atoms with Crippen molar-refractivity contribution in [2.24, 2.45) is 5.41 Å². The lowest BCUT2D eigenvalue weighted by atomic mass is 10.1. The van der Waals surface area contributed by atoms with Crippen molar-refractivity contribution in [3.63, 3.8) is 0 Å². The molecule has 0 bridgehead atoms. The van der Waals surface area contributed by atoms with Gasteiger partial charge in [0.2, 0.25) is 5.91 Å². The molecule has 92 valence electrons. The summed E-state index contributed by atoms with van der Waals surface area (Å²) < 4.78 is -0.922. The van der Waals surface area contributed by atoms with Gasteiger partial charge in [-0.2, -0.15) is 0 Å². The zero-order chi connectivity index (χ0) is 12.8. The van der Waals surface area contributed by atoms with Gasteiger partial charge in [0.1, 0.15) is 4.33 Å². The van der Waals surface area contributed by atoms with Crippen LogP contribution in [0, 0.1) is 19.3 Å². The first-order valence-electron chi connectivity index (χ1n) is 5.53. The van der Waals surface area contributed by atoms with Crippen LogP contribution in [-0.4, -0.2) is 10.2 Å². The van der Waals surface area contributed by atoms with Crippen molar-refractivity contribution in [2.75, 3.05) is 5.32 Å². The average Bonchev–Trinajstić information content (AvgIpc) is 2.75. The van der Waals surface area contributed by atoms with Crippen LogP contribution in [0.2, 0.25) is 0 Å². The highest BCUT2D eigenvalue weighted by molar-refractivity contribution is 6.53. The van der Waals surface area contributed by atoms with E-state index in [-0.39, 0.29) is 5.91 Å². The highest BCUT2D eigenvalue weighted by atomic mass is 35.5. The molecule has 1 aliphatic carbocycles. The number of amides is 1. The zero-order valence-electron chi connectivity index (χ0n) is 10.1. The predicted octanol–water partition coefficient (Wildman–Crippen LogP) is 3.83. The van der Waals surface area contributed by atoms with Gasteiger partial charge in [-0.3, -0.25) is 4.79 Å². The molecule has 0 radical (unpaired) electrons. The quantitative estimate of drug-likeness (QED) is 0.814. The van der Waals surface area contributed by atoms with Gasteiger partial charge in [-0.1, -0.05) is 12.1 Å². The van der Waals surface area contributed by atoms with Gasteiger partial charge in [-0.15, -0.1) is 23.2 Å². The molecule has 1 aromatic rings. The number of aryl methyl sites for hydroxylation is 1. The molecule has 2 nitrogen and oxygen atoms in total. The van der Waals surface area contributed by atoms with Gasteiger partial charge in [0.15, 0.2) is 0 Å². The highest BCUT2D eigenvalue weighted by Gasteiger charge is 2.67. The number of halogens is 2. The fourth-order valence-corrected chi connectivity index (χ4v) is 2.50. The molecule has 1 atom stereocenters. The molecule has 1 amide bonds. The summed E-state index contributed by atoms with van der Waals surface area (Å²) in [5.41, 5.74) is 2.37. The predicted molar refractivity (Wildman–Crippen MR) is 71.7 cm³/mol. The number of anilines is 1. The molecule has 1 aromatic carbocycles. The number of carbonyl (C=O) groups excluding carboxylic acids is 1. The van der Waals surface area contributed by atoms with Gasteiger partial charge in [0.25, 0.3) is 0 Å². The normalized spacial score (nSPS) is 25.5. The highest BCUT2D eigenvalue weighted by Crippen LogP contribution is 2.64. The van der Waals surface area contributed by atoms with E-state index in [1.807, 2.05) is 32.0 Å². The van der Waals surface area contributed by atoms with Crippen molar-refractivity contribution >= 4 is 34.8 Å². The van der Waals surface area contributed by atoms with Crippen LogP contribution in [0.25, 0.3) is 0 Å². The van der Waals surface area contributed by atoms with Crippen LogP contribution in [0.3, 0.4) is 0 Å². The Balaban J connectivity index is 2.18. The molecule has 1 unspecified atom stereocenters. The van der Waals surface area contributed by atoms with E-state index in [0.717, 1.165) is 16.8 Å². The van der Waals surface area contributed by atoms with Gasteiger partial charge in [0.05, 0.1) is 5.41 Å². The van der Waals surface area contributed by atoms with Gasteiger partial charge in [0, 0.05) is 5.69 Å². The summed E-state index contributed by atoms with van der Waals surface area (Å²) in [7, 11) is 0. The number of nitrogens with one attached hydrogen (secondary N) is 1. The average molecular weight is 272 g/mol. The first-order chi connectivity index (χ1) is 7.78. The second-order valence-electron chi connectivity index (χ2n) is 4.91. The molecule has 17 heavy (non-hydrogen) atoms. The number of alkyl halides is 2. The molecule has 0 aromatic heterocycles. The minimum absolute atomic E-state index is 0.115. The smallest absolute Gasteiger partial charge is 0.233 e. The standard InChI is InChI=1S/C13H15Cl2NO/c1-8-5-4-6-10(9(8)2)16-11(17)12(3)7-13(12,14)15/h4-6H,7H2,1-3H3,(H,16,17). The Labute approximate surface area is 111 Å². The summed E-state index contributed by atoms with van der Waals surface area (Å²) in [6, 6.07) is 5.81. The SMILES string of the molecule is Cc1cccc(NC(=O)C2(C)CC2(Cl)Cl)c1C. The maximum Gasteiger partial charge on any atom is 0.233 e. The molecule has 0 aliphatic heterocycles. The van der Waals surface area contributed by atoms with Crippen molar-refractivity contribution in [1.82, 2.24) is 0 Å². The Hall–Kier alpha value is -0.730. The van der Waals surface area contributed by atoms with Crippen molar-refractivity contribution in [2.45, 2.75) is 31.5 Å². The second kappa shape index (κ2) is 3.89. The lowest BCUT2D eigenvalue weighted by Crippen LogP contribution is -2.26. The summed E-state index contributed by atoms with van der Waals surface area (Å²) >= 11 is 12.0. The zero-order valence-corrected chi connectivity index (χ0v) is 11.6. The second-order valence-corrected chi connectivity index (χ2v) is 6.40. The van der Waals surface area contributed by atoms with Gasteiger partial charge in [-0.25, -0.2) is 0 Å². The molecular weight excluding hydrogens is 257 g/mol. The van der Waals surface area contributed by atoms with Gasteiger partial charge < -0.3 is 5.32 Å². The van der Waals surface area contributed by atoms with E-state index in [1.54, 1.807) is 6.92 Å². The Morgan fingerprint density at radius 1 is 1.35 bits per heavy atom. The Bertz CT molecular complexity index is 484. The maximum atomic E-state index is 12.1. The van der Waals surface area contributed by atoms with Crippen molar-refractivity contribution in [1.29, 1.82) is 0 Å². The minimum atomic E-state index is -0.922. The topological polar surface area (TPSA) is 29.1 Å². The number of rotatable bonds is 2. The van der Waals surface area contributed by atoms with Crippen LogP contribution < -0.4 is 5.32 Å². The van der Waals surface area contributed by atoms with Crippen LogP contribution in [0.4, 0.5) is 5.69 Å². The van der Waals surface area contributed by atoms with E-state index < -0.39 is 9.75 Å². The fourth-order valence-electron chi connectivity index (χ4n) is 1.79. The first kappa shape index (κ1) is 12.7. The first-order valence-corrected chi connectivity index (χ1v) is 6.29. The Kier molecular flexibility index (Phi) is 2.91. The lowest BCUT2D eigenvalue weighted by molar-refractivity contribution is -0.120. The van der Waals surface area contributed by atoms with Crippen LogP contribution in [0.15, 0.2) is 18.2 Å². The van der Waals surface area contributed by atoms with Crippen molar-refractivity contribution in [3.05, 3.63) is 29.3 Å². The van der Waals surface area contributed by atoms with Crippen LogP contribution in [0.5, 0.6) is 0 Å². The third-order valence-corrected chi connectivity index (χ3v) is 4.71. The van der Waals surface area contributed by atoms with E-state index in [9.17, 15) is 4.79 Å². The number of hydrogen-bond donors (Lipinski definition) is 1.